The molecule has 2 nitrogen and oxygen atoms in total. The largest absolute Gasteiger partial charge is 0.349 e. The first-order chi connectivity index (χ1) is 6.66. The molecule has 1 aromatic carbocycles. The molecule has 1 N–H and O–H groups in total. The standard InChI is InChI=1S/C10H9BrClNO/c1-2-6-13-10(14)7-4-3-5-8(12)9(7)11/h2-5H,1,6H2,(H,13,14). The van der Waals surface area contributed by atoms with E-state index in [1.54, 1.807) is 24.3 Å². The van der Waals surface area contributed by atoms with Crippen LogP contribution in [0.4, 0.5) is 0 Å². The normalized spacial score (nSPS) is 9.57. The number of carbonyl (C=O) groups is 1. The van der Waals surface area contributed by atoms with Crippen LogP contribution in [0, 0.1) is 0 Å². The number of hydrogen-bond donors (Lipinski definition) is 1. The maximum Gasteiger partial charge on any atom is 0.252 e. The average Bonchev–Trinajstić information content (AvgIpc) is 2.18. The van der Waals surface area contributed by atoms with E-state index < -0.39 is 0 Å². The molecule has 1 rings (SSSR count). The van der Waals surface area contributed by atoms with Crippen molar-refractivity contribution >= 4 is 33.4 Å². The summed E-state index contributed by atoms with van der Waals surface area (Å²) in [6.45, 7) is 3.96. The predicted molar refractivity (Wildman–Crippen MR) is 61.7 cm³/mol. The second-order valence-corrected chi connectivity index (χ2v) is 3.80. The quantitative estimate of drug-likeness (QED) is 0.844. The number of hydrogen-bond acceptors (Lipinski definition) is 1. The summed E-state index contributed by atoms with van der Waals surface area (Å²) in [5, 5.41) is 3.20. The molecule has 0 radical (unpaired) electrons. The third-order valence-corrected chi connectivity index (χ3v) is 3.00. The average molecular weight is 275 g/mol. The molecule has 0 heterocycles. The topological polar surface area (TPSA) is 29.1 Å². The minimum atomic E-state index is -0.167. The van der Waals surface area contributed by atoms with Gasteiger partial charge in [0.25, 0.3) is 5.91 Å². The molecule has 0 saturated carbocycles. The molecule has 1 aromatic rings. The van der Waals surface area contributed by atoms with E-state index in [1.807, 2.05) is 0 Å². The molecule has 1 amide bonds. The van der Waals surface area contributed by atoms with E-state index in [1.165, 1.54) is 0 Å². The maximum absolute atomic E-state index is 11.5. The van der Waals surface area contributed by atoms with E-state index in [0.717, 1.165) is 0 Å². The molecule has 74 valence electrons. The summed E-state index contributed by atoms with van der Waals surface area (Å²) in [6.07, 6.45) is 1.62. The van der Waals surface area contributed by atoms with E-state index in [-0.39, 0.29) is 5.91 Å². The highest BCUT2D eigenvalue weighted by molar-refractivity contribution is 9.10. The summed E-state index contributed by atoms with van der Waals surface area (Å²) in [6, 6.07) is 5.15. The second kappa shape index (κ2) is 5.17. The van der Waals surface area contributed by atoms with Gasteiger partial charge in [0.05, 0.1) is 10.6 Å². The molecular weight excluding hydrogens is 265 g/mol. The van der Waals surface area contributed by atoms with Crippen molar-refractivity contribution in [2.75, 3.05) is 6.54 Å². The van der Waals surface area contributed by atoms with Gasteiger partial charge in [-0.25, -0.2) is 0 Å². The van der Waals surface area contributed by atoms with E-state index >= 15 is 0 Å². The van der Waals surface area contributed by atoms with Crippen molar-refractivity contribution in [3.8, 4) is 0 Å². The van der Waals surface area contributed by atoms with Crippen LogP contribution in [0.15, 0.2) is 35.3 Å². The monoisotopic (exact) mass is 273 g/mol. The lowest BCUT2D eigenvalue weighted by atomic mass is 10.2. The third kappa shape index (κ3) is 2.59. The molecule has 0 aliphatic carbocycles. The Balaban J connectivity index is 2.89. The first kappa shape index (κ1) is 11.3. The molecule has 0 aliphatic heterocycles. The van der Waals surface area contributed by atoms with Crippen molar-refractivity contribution in [3.05, 3.63) is 45.9 Å². The molecule has 0 aliphatic rings. The summed E-state index contributed by atoms with van der Waals surface area (Å²) in [5.41, 5.74) is 0.527. The van der Waals surface area contributed by atoms with Gasteiger partial charge in [0.1, 0.15) is 0 Å². The van der Waals surface area contributed by atoms with Crippen LogP contribution >= 0.6 is 27.5 Å². The molecular formula is C10H9BrClNO. The smallest absolute Gasteiger partial charge is 0.252 e. The SMILES string of the molecule is C=CCNC(=O)c1cccc(Cl)c1Br. The molecule has 0 aromatic heterocycles. The van der Waals surface area contributed by atoms with Gasteiger partial charge < -0.3 is 5.32 Å². The predicted octanol–water partition coefficient (Wildman–Crippen LogP) is 3.02. The first-order valence-electron chi connectivity index (χ1n) is 4.00. The fourth-order valence-corrected chi connectivity index (χ4v) is 1.56. The van der Waals surface area contributed by atoms with Gasteiger partial charge in [0.2, 0.25) is 0 Å². The Labute approximate surface area is 96.1 Å². The van der Waals surface area contributed by atoms with Crippen molar-refractivity contribution < 1.29 is 4.79 Å². The van der Waals surface area contributed by atoms with Crippen LogP contribution in [0.25, 0.3) is 0 Å². The minimum Gasteiger partial charge on any atom is -0.349 e. The van der Waals surface area contributed by atoms with Crippen LogP contribution < -0.4 is 5.32 Å². The number of benzene rings is 1. The highest BCUT2D eigenvalue weighted by atomic mass is 79.9. The molecule has 0 atom stereocenters. The van der Waals surface area contributed by atoms with Crippen molar-refractivity contribution in [1.82, 2.24) is 5.32 Å². The van der Waals surface area contributed by atoms with E-state index in [4.69, 9.17) is 11.6 Å². The van der Waals surface area contributed by atoms with Gasteiger partial charge in [-0.3, -0.25) is 4.79 Å². The summed E-state index contributed by atoms with van der Waals surface area (Å²) in [4.78, 5) is 11.5. The zero-order valence-electron chi connectivity index (χ0n) is 7.39. The van der Waals surface area contributed by atoms with Crippen molar-refractivity contribution in [2.45, 2.75) is 0 Å². The third-order valence-electron chi connectivity index (χ3n) is 1.60. The Morgan fingerprint density at radius 2 is 2.36 bits per heavy atom. The Morgan fingerprint density at radius 3 is 3.00 bits per heavy atom. The lowest BCUT2D eigenvalue weighted by Crippen LogP contribution is -2.23. The van der Waals surface area contributed by atoms with Gasteiger partial charge >= 0.3 is 0 Å². The first-order valence-corrected chi connectivity index (χ1v) is 5.17. The van der Waals surface area contributed by atoms with Crippen LogP contribution in [0.2, 0.25) is 5.02 Å². The van der Waals surface area contributed by atoms with E-state index in [9.17, 15) is 4.79 Å². The number of nitrogens with one attached hydrogen (secondary N) is 1. The zero-order valence-corrected chi connectivity index (χ0v) is 9.73. The van der Waals surface area contributed by atoms with Gasteiger partial charge in [0.15, 0.2) is 0 Å². The number of halogens is 2. The Hall–Kier alpha value is -0.800. The Morgan fingerprint density at radius 1 is 1.64 bits per heavy atom. The molecule has 0 fully saturated rings. The molecule has 0 bridgehead atoms. The summed E-state index contributed by atoms with van der Waals surface area (Å²) in [7, 11) is 0. The summed E-state index contributed by atoms with van der Waals surface area (Å²) < 4.78 is 0.614. The van der Waals surface area contributed by atoms with Crippen LogP contribution in [0.5, 0.6) is 0 Å². The van der Waals surface area contributed by atoms with Gasteiger partial charge in [-0.1, -0.05) is 23.7 Å². The lowest BCUT2D eigenvalue weighted by Gasteiger charge is -2.05. The maximum atomic E-state index is 11.5. The van der Waals surface area contributed by atoms with Crippen molar-refractivity contribution in [2.24, 2.45) is 0 Å². The lowest BCUT2D eigenvalue weighted by molar-refractivity contribution is 0.0957. The number of carbonyl (C=O) groups excluding carboxylic acids is 1. The minimum absolute atomic E-state index is 0.167. The van der Waals surface area contributed by atoms with E-state index in [2.05, 4.69) is 27.8 Å². The van der Waals surface area contributed by atoms with Gasteiger partial charge in [0, 0.05) is 11.0 Å². The van der Waals surface area contributed by atoms with Crippen molar-refractivity contribution in [1.29, 1.82) is 0 Å². The molecule has 0 unspecified atom stereocenters. The van der Waals surface area contributed by atoms with Crippen molar-refractivity contribution in [3.63, 3.8) is 0 Å². The van der Waals surface area contributed by atoms with Crippen LogP contribution in [-0.4, -0.2) is 12.5 Å². The second-order valence-electron chi connectivity index (χ2n) is 2.60. The highest BCUT2D eigenvalue weighted by Crippen LogP contribution is 2.25. The van der Waals surface area contributed by atoms with Crippen LogP contribution in [0.1, 0.15) is 10.4 Å². The Bertz CT molecular complexity index is 365. The number of rotatable bonds is 3. The molecule has 0 saturated heterocycles. The van der Waals surface area contributed by atoms with Gasteiger partial charge in [-0.05, 0) is 28.1 Å². The summed E-state index contributed by atoms with van der Waals surface area (Å²) >= 11 is 9.10. The van der Waals surface area contributed by atoms with Crippen LogP contribution in [0.3, 0.4) is 0 Å². The summed E-state index contributed by atoms with van der Waals surface area (Å²) in [5.74, 6) is -0.167. The number of amides is 1. The zero-order chi connectivity index (χ0) is 10.6. The fraction of sp³-hybridized carbons (Fsp3) is 0.100. The fourth-order valence-electron chi connectivity index (χ4n) is 0.939. The Kier molecular flexibility index (Phi) is 4.17. The van der Waals surface area contributed by atoms with E-state index in [0.29, 0.717) is 21.6 Å². The van der Waals surface area contributed by atoms with Gasteiger partial charge in [-0.2, -0.15) is 0 Å². The molecule has 0 spiro atoms. The highest BCUT2D eigenvalue weighted by Gasteiger charge is 2.10. The molecule has 4 heteroatoms. The molecule has 14 heavy (non-hydrogen) atoms. The van der Waals surface area contributed by atoms with Crippen LogP contribution in [-0.2, 0) is 0 Å². The van der Waals surface area contributed by atoms with Gasteiger partial charge in [-0.15, -0.1) is 6.58 Å².